The van der Waals surface area contributed by atoms with Crippen molar-refractivity contribution >= 4 is 17.5 Å². The maximum absolute atomic E-state index is 12.5. The summed E-state index contributed by atoms with van der Waals surface area (Å²) in [6, 6.07) is 9.46. The number of hydrogen-bond acceptors (Lipinski definition) is 4. The van der Waals surface area contributed by atoms with Crippen LogP contribution in [0.15, 0.2) is 24.3 Å². The van der Waals surface area contributed by atoms with E-state index < -0.39 is 0 Å². The Morgan fingerprint density at radius 1 is 1.52 bits per heavy atom. The summed E-state index contributed by atoms with van der Waals surface area (Å²) in [6.45, 7) is 4.36. The number of rotatable bonds is 5. The van der Waals surface area contributed by atoms with Gasteiger partial charge in [0.15, 0.2) is 0 Å². The number of morpholine rings is 1. The first-order chi connectivity index (χ1) is 11.0. The summed E-state index contributed by atoms with van der Waals surface area (Å²) in [5.41, 5.74) is 1.07. The van der Waals surface area contributed by atoms with Gasteiger partial charge < -0.3 is 9.64 Å². The Balaban J connectivity index is 1.98. The van der Waals surface area contributed by atoms with Gasteiger partial charge in [-0.25, -0.2) is 0 Å². The number of nitriles is 1. The molecule has 23 heavy (non-hydrogen) atoms. The fourth-order valence-electron chi connectivity index (χ4n) is 2.70. The molecule has 0 N–H and O–H groups in total. The van der Waals surface area contributed by atoms with Crippen molar-refractivity contribution in [1.82, 2.24) is 9.80 Å². The van der Waals surface area contributed by atoms with Gasteiger partial charge >= 0.3 is 0 Å². The second-order valence-electron chi connectivity index (χ2n) is 5.75. The molecule has 1 aromatic rings. The van der Waals surface area contributed by atoms with Crippen molar-refractivity contribution in [3.05, 3.63) is 34.9 Å². The van der Waals surface area contributed by atoms with E-state index in [0.29, 0.717) is 31.1 Å². The zero-order valence-electron chi connectivity index (χ0n) is 13.5. The third-order valence-corrected chi connectivity index (χ3v) is 4.43. The van der Waals surface area contributed by atoms with Crippen LogP contribution in [0.3, 0.4) is 0 Å². The SMILES string of the molecule is C[C@H](C(=O)N(C)CCC#N)N1CCO[C@H](c2ccc(Cl)cc2)C1. The Bertz CT molecular complexity index is 570. The lowest BCUT2D eigenvalue weighted by Gasteiger charge is -2.37. The molecule has 124 valence electrons. The van der Waals surface area contributed by atoms with Crippen molar-refractivity contribution in [2.24, 2.45) is 0 Å². The molecule has 0 saturated carbocycles. The van der Waals surface area contributed by atoms with E-state index in [1.54, 1.807) is 11.9 Å². The standard InChI is InChI=1S/C17H22ClN3O2/c1-13(17(22)20(2)9-3-8-19)21-10-11-23-16(12-21)14-4-6-15(18)7-5-14/h4-7,13,16H,3,9-12H2,1-2H3/t13-,16+/m1/s1. The lowest BCUT2D eigenvalue weighted by Crippen LogP contribution is -2.50. The van der Waals surface area contributed by atoms with Crippen LogP contribution in [0.2, 0.25) is 5.02 Å². The lowest BCUT2D eigenvalue weighted by atomic mass is 10.1. The molecule has 1 amide bonds. The Labute approximate surface area is 142 Å². The molecule has 0 spiro atoms. The molecule has 6 heteroatoms. The van der Waals surface area contributed by atoms with Crippen LogP contribution < -0.4 is 0 Å². The third kappa shape index (κ3) is 4.68. The van der Waals surface area contributed by atoms with Crippen LogP contribution >= 0.6 is 11.6 Å². The Morgan fingerprint density at radius 2 is 2.22 bits per heavy atom. The highest BCUT2D eigenvalue weighted by Gasteiger charge is 2.30. The molecule has 1 fully saturated rings. The molecule has 0 aliphatic carbocycles. The van der Waals surface area contributed by atoms with E-state index in [0.717, 1.165) is 12.1 Å². The largest absolute Gasteiger partial charge is 0.371 e. The first kappa shape index (κ1) is 17.7. The molecule has 1 aliphatic heterocycles. The normalized spacial score (nSPS) is 19.8. The monoisotopic (exact) mass is 335 g/mol. The summed E-state index contributed by atoms with van der Waals surface area (Å²) in [5.74, 6) is 0.0389. The highest BCUT2D eigenvalue weighted by Crippen LogP contribution is 2.25. The molecule has 2 atom stereocenters. The van der Waals surface area contributed by atoms with Crippen LogP contribution in [0.25, 0.3) is 0 Å². The van der Waals surface area contributed by atoms with Gasteiger partial charge in [-0.3, -0.25) is 9.69 Å². The summed E-state index contributed by atoms with van der Waals surface area (Å²) >= 11 is 5.92. The molecule has 2 rings (SSSR count). The van der Waals surface area contributed by atoms with Gasteiger partial charge in [-0.15, -0.1) is 0 Å². The minimum atomic E-state index is -0.225. The van der Waals surface area contributed by atoms with Gasteiger partial charge in [0, 0.05) is 31.7 Å². The molecule has 0 bridgehead atoms. The minimum absolute atomic E-state index is 0.0389. The zero-order chi connectivity index (χ0) is 16.8. The first-order valence-corrected chi connectivity index (χ1v) is 8.13. The maximum Gasteiger partial charge on any atom is 0.239 e. The molecule has 0 unspecified atom stereocenters. The van der Waals surface area contributed by atoms with E-state index in [-0.39, 0.29) is 18.1 Å². The summed E-state index contributed by atoms with van der Waals surface area (Å²) < 4.78 is 5.84. The van der Waals surface area contributed by atoms with Crippen LogP contribution in [-0.4, -0.2) is 55.0 Å². The minimum Gasteiger partial charge on any atom is -0.371 e. The van der Waals surface area contributed by atoms with Gasteiger partial charge in [0.1, 0.15) is 0 Å². The Kier molecular flexibility index (Phi) is 6.40. The molecular formula is C17H22ClN3O2. The van der Waals surface area contributed by atoms with Crippen molar-refractivity contribution < 1.29 is 9.53 Å². The van der Waals surface area contributed by atoms with Crippen LogP contribution in [0.4, 0.5) is 0 Å². The van der Waals surface area contributed by atoms with Crippen molar-refractivity contribution in [1.29, 1.82) is 5.26 Å². The number of carbonyl (C=O) groups excluding carboxylic acids is 1. The van der Waals surface area contributed by atoms with Crippen LogP contribution in [-0.2, 0) is 9.53 Å². The number of likely N-dealkylation sites (N-methyl/N-ethyl adjacent to an activating group) is 1. The van der Waals surface area contributed by atoms with Crippen LogP contribution in [0.5, 0.6) is 0 Å². The van der Waals surface area contributed by atoms with E-state index in [4.69, 9.17) is 21.6 Å². The van der Waals surface area contributed by atoms with Crippen molar-refractivity contribution in [3.8, 4) is 6.07 Å². The molecule has 5 nitrogen and oxygen atoms in total. The summed E-state index contributed by atoms with van der Waals surface area (Å²) in [6.07, 6.45) is 0.298. The molecule has 1 heterocycles. The average Bonchev–Trinajstić information content (AvgIpc) is 2.59. The van der Waals surface area contributed by atoms with E-state index in [2.05, 4.69) is 11.0 Å². The number of amides is 1. The summed E-state index contributed by atoms with van der Waals surface area (Å²) in [5, 5.41) is 9.34. The number of nitrogens with zero attached hydrogens (tertiary/aromatic N) is 3. The fraction of sp³-hybridized carbons (Fsp3) is 0.529. The fourth-order valence-corrected chi connectivity index (χ4v) is 2.83. The quantitative estimate of drug-likeness (QED) is 0.829. The maximum atomic E-state index is 12.5. The van der Waals surface area contributed by atoms with Gasteiger partial charge in [0.25, 0.3) is 0 Å². The smallest absolute Gasteiger partial charge is 0.239 e. The molecule has 0 radical (unpaired) electrons. The summed E-state index contributed by atoms with van der Waals surface area (Å²) in [7, 11) is 1.74. The van der Waals surface area contributed by atoms with Crippen molar-refractivity contribution in [3.63, 3.8) is 0 Å². The predicted molar refractivity (Wildman–Crippen MR) is 89.0 cm³/mol. The second kappa shape index (κ2) is 8.30. The number of benzene rings is 1. The zero-order valence-corrected chi connectivity index (χ0v) is 14.3. The van der Waals surface area contributed by atoms with Gasteiger partial charge in [-0.1, -0.05) is 23.7 Å². The molecule has 1 aliphatic rings. The Morgan fingerprint density at radius 3 is 2.87 bits per heavy atom. The van der Waals surface area contributed by atoms with Gasteiger partial charge in [0.2, 0.25) is 5.91 Å². The predicted octanol–water partition coefficient (Wildman–Crippen LogP) is 2.47. The first-order valence-electron chi connectivity index (χ1n) is 7.76. The highest BCUT2D eigenvalue weighted by atomic mass is 35.5. The number of ether oxygens (including phenoxy) is 1. The van der Waals surface area contributed by atoms with Crippen molar-refractivity contribution in [2.45, 2.75) is 25.5 Å². The van der Waals surface area contributed by atoms with Crippen LogP contribution in [0, 0.1) is 11.3 Å². The molecule has 1 aromatic carbocycles. The highest BCUT2D eigenvalue weighted by molar-refractivity contribution is 6.30. The molecule has 0 aromatic heterocycles. The number of halogens is 1. The van der Waals surface area contributed by atoms with Crippen molar-refractivity contribution in [2.75, 3.05) is 33.3 Å². The average molecular weight is 336 g/mol. The molecule has 1 saturated heterocycles. The summed E-state index contributed by atoms with van der Waals surface area (Å²) in [4.78, 5) is 16.2. The van der Waals surface area contributed by atoms with Crippen LogP contribution in [0.1, 0.15) is 25.0 Å². The third-order valence-electron chi connectivity index (χ3n) is 4.18. The number of hydrogen-bond donors (Lipinski definition) is 0. The lowest BCUT2D eigenvalue weighted by molar-refractivity contribution is -0.138. The van der Waals surface area contributed by atoms with Gasteiger partial charge in [-0.2, -0.15) is 5.26 Å². The number of carbonyl (C=O) groups is 1. The van der Waals surface area contributed by atoms with E-state index in [1.807, 2.05) is 31.2 Å². The topological polar surface area (TPSA) is 56.6 Å². The van der Waals surface area contributed by atoms with Gasteiger partial charge in [0.05, 0.1) is 31.2 Å². The Hall–Kier alpha value is -1.61. The van der Waals surface area contributed by atoms with Gasteiger partial charge in [-0.05, 0) is 24.6 Å². The van der Waals surface area contributed by atoms with E-state index >= 15 is 0 Å². The second-order valence-corrected chi connectivity index (χ2v) is 6.19. The molecular weight excluding hydrogens is 314 g/mol. The van der Waals surface area contributed by atoms with E-state index in [9.17, 15) is 4.79 Å². The van der Waals surface area contributed by atoms with E-state index in [1.165, 1.54) is 0 Å².